The van der Waals surface area contributed by atoms with Crippen molar-refractivity contribution in [2.24, 2.45) is 0 Å². The molecule has 5 nitrogen and oxygen atoms in total. The van der Waals surface area contributed by atoms with Crippen molar-refractivity contribution in [3.63, 3.8) is 0 Å². The van der Waals surface area contributed by atoms with E-state index in [4.69, 9.17) is 0 Å². The first-order valence-corrected chi connectivity index (χ1v) is 10.1. The number of aromatic nitrogens is 3. The van der Waals surface area contributed by atoms with Crippen LogP contribution in [0.15, 0.2) is 53.7 Å². The van der Waals surface area contributed by atoms with E-state index in [0.717, 1.165) is 39.9 Å². The summed E-state index contributed by atoms with van der Waals surface area (Å²) in [4.78, 5) is 12.4. The summed E-state index contributed by atoms with van der Waals surface area (Å²) >= 11 is 1.12. The van der Waals surface area contributed by atoms with E-state index in [2.05, 4.69) is 15.5 Å². The van der Waals surface area contributed by atoms with Crippen LogP contribution < -0.4 is 5.32 Å². The molecule has 0 spiro atoms. The Morgan fingerprint density at radius 1 is 1.10 bits per heavy atom. The molecule has 4 aromatic rings. The molecule has 0 aliphatic heterocycles. The Kier molecular flexibility index (Phi) is 5.15. The minimum Gasteiger partial charge on any atom is -0.325 e. The third kappa shape index (κ3) is 3.85. The van der Waals surface area contributed by atoms with Crippen molar-refractivity contribution >= 4 is 39.9 Å². The minimum atomic E-state index is -4.55. The van der Waals surface area contributed by atoms with Gasteiger partial charge in [0, 0.05) is 0 Å². The van der Waals surface area contributed by atoms with E-state index in [9.17, 15) is 18.0 Å². The SMILES string of the molecule is Cc1ccc2cc(C)c3nnc(SCC(=O)Nc4ccccc4C(F)(F)F)n3c2c1. The van der Waals surface area contributed by atoms with E-state index >= 15 is 0 Å². The number of para-hydroxylation sites is 1. The van der Waals surface area contributed by atoms with Crippen molar-refractivity contribution in [2.45, 2.75) is 25.2 Å². The van der Waals surface area contributed by atoms with Gasteiger partial charge in [0.2, 0.25) is 5.91 Å². The van der Waals surface area contributed by atoms with Crippen LogP contribution >= 0.6 is 11.8 Å². The van der Waals surface area contributed by atoms with Crippen LogP contribution in [0.2, 0.25) is 0 Å². The van der Waals surface area contributed by atoms with Crippen molar-refractivity contribution in [3.8, 4) is 0 Å². The highest BCUT2D eigenvalue weighted by atomic mass is 32.2. The second-order valence-corrected chi connectivity index (χ2v) is 7.85. The maximum absolute atomic E-state index is 13.1. The summed E-state index contributed by atoms with van der Waals surface area (Å²) in [5.41, 5.74) is 2.45. The van der Waals surface area contributed by atoms with Gasteiger partial charge in [-0.1, -0.05) is 36.0 Å². The van der Waals surface area contributed by atoms with E-state index in [-0.39, 0.29) is 11.4 Å². The van der Waals surface area contributed by atoms with Gasteiger partial charge >= 0.3 is 6.18 Å². The fraction of sp³-hybridized carbons (Fsp3) is 0.190. The van der Waals surface area contributed by atoms with E-state index < -0.39 is 17.6 Å². The third-order valence-electron chi connectivity index (χ3n) is 4.62. The molecule has 1 N–H and O–H groups in total. The predicted molar refractivity (Wildman–Crippen MR) is 111 cm³/mol. The van der Waals surface area contributed by atoms with Crippen LogP contribution in [0, 0.1) is 13.8 Å². The quantitative estimate of drug-likeness (QED) is 0.450. The van der Waals surface area contributed by atoms with Gasteiger partial charge in [-0.3, -0.25) is 9.20 Å². The highest BCUT2D eigenvalue weighted by molar-refractivity contribution is 7.99. The fourth-order valence-corrected chi connectivity index (χ4v) is 4.00. The number of rotatable bonds is 4. The second kappa shape index (κ2) is 7.64. The zero-order chi connectivity index (χ0) is 21.5. The van der Waals surface area contributed by atoms with E-state index in [1.807, 2.05) is 42.5 Å². The highest BCUT2D eigenvalue weighted by Crippen LogP contribution is 2.34. The summed E-state index contributed by atoms with van der Waals surface area (Å²) in [6, 6.07) is 12.9. The molecular formula is C21H17F3N4OS. The molecule has 0 unspecified atom stereocenters. The van der Waals surface area contributed by atoms with Crippen LogP contribution in [0.3, 0.4) is 0 Å². The number of aryl methyl sites for hydroxylation is 2. The number of nitrogens with one attached hydrogen (secondary N) is 1. The van der Waals surface area contributed by atoms with Crippen molar-refractivity contribution in [1.29, 1.82) is 0 Å². The average molecular weight is 430 g/mol. The lowest BCUT2D eigenvalue weighted by Crippen LogP contribution is -2.18. The first-order chi connectivity index (χ1) is 14.2. The van der Waals surface area contributed by atoms with Gasteiger partial charge in [0.1, 0.15) is 0 Å². The number of carbonyl (C=O) groups excluding carboxylic acids is 1. The number of fused-ring (bicyclic) bond motifs is 3. The zero-order valence-corrected chi connectivity index (χ0v) is 16.9. The fourth-order valence-electron chi connectivity index (χ4n) is 3.26. The largest absolute Gasteiger partial charge is 0.418 e. The van der Waals surface area contributed by atoms with Crippen LogP contribution in [0.1, 0.15) is 16.7 Å². The van der Waals surface area contributed by atoms with Crippen LogP contribution in [-0.2, 0) is 11.0 Å². The molecule has 0 saturated heterocycles. The third-order valence-corrected chi connectivity index (χ3v) is 5.55. The van der Waals surface area contributed by atoms with Crippen molar-refractivity contribution in [2.75, 3.05) is 11.1 Å². The predicted octanol–water partition coefficient (Wildman–Crippen LogP) is 5.25. The molecule has 2 aromatic heterocycles. The first-order valence-electron chi connectivity index (χ1n) is 9.08. The lowest BCUT2D eigenvalue weighted by molar-refractivity contribution is -0.137. The van der Waals surface area contributed by atoms with Gasteiger partial charge in [0.15, 0.2) is 10.8 Å². The van der Waals surface area contributed by atoms with Crippen LogP contribution in [0.25, 0.3) is 16.6 Å². The Hall–Kier alpha value is -3.07. The van der Waals surface area contributed by atoms with Crippen molar-refractivity contribution < 1.29 is 18.0 Å². The molecule has 1 amide bonds. The van der Waals surface area contributed by atoms with Gasteiger partial charge in [-0.05, 0) is 54.6 Å². The molecule has 4 rings (SSSR count). The molecule has 0 radical (unpaired) electrons. The van der Waals surface area contributed by atoms with Gasteiger partial charge in [-0.15, -0.1) is 10.2 Å². The van der Waals surface area contributed by atoms with E-state index in [1.54, 1.807) is 0 Å². The number of hydrogen-bond donors (Lipinski definition) is 1. The monoisotopic (exact) mass is 430 g/mol. The highest BCUT2D eigenvalue weighted by Gasteiger charge is 2.33. The van der Waals surface area contributed by atoms with Gasteiger partial charge in [-0.25, -0.2) is 0 Å². The summed E-state index contributed by atoms with van der Waals surface area (Å²) in [7, 11) is 0. The average Bonchev–Trinajstić information content (AvgIpc) is 3.12. The number of hydrogen-bond acceptors (Lipinski definition) is 4. The Morgan fingerprint density at radius 2 is 1.87 bits per heavy atom. The summed E-state index contributed by atoms with van der Waals surface area (Å²) in [5.74, 6) is -0.657. The lowest BCUT2D eigenvalue weighted by atomic mass is 10.1. The van der Waals surface area contributed by atoms with Gasteiger partial charge < -0.3 is 5.32 Å². The summed E-state index contributed by atoms with van der Waals surface area (Å²) in [5, 5.41) is 12.3. The number of halogens is 3. The van der Waals surface area contributed by atoms with Crippen LogP contribution in [0.5, 0.6) is 0 Å². The van der Waals surface area contributed by atoms with Gasteiger partial charge in [-0.2, -0.15) is 13.2 Å². The Balaban J connectivity index is 1.60. The topological polar surface area (TPSA) is 59.3 Å². The molecule has 0 saturated carbocycles. The van der Waals surface area contributed by atoms with Crippen molar-refractivity contribution in [1.82, 2.24) is 14.6 Å². The molecule has 0 aliphatic carbocycles. The molecule has 0 aliphatic rings. The molecular weight excluding hydrogens is 413 g/mol. The molecule has 30 heavy (non-hydrogen) atoms. The Labute approximate surface area is 174 Å². The molecule has 154 valence electrons. The number of benzene rings is 2. The van der Waals surface area contributed by atoms with Crippen LogP contribution in [0.4, 0.5) is 18.9 Å². The molecule has 0 bridgehead atoms. The molecule has 2 aromatic carbocycles. The smallest absolute Gasteiger partial charge is 0.325 e. The number of nitrogens with zero attached hydrogens (tertiary/aromatic N) is 3. The first kappa shape index (κ1) is 20.2. The lowest BCUT2D eigenvalue weighted by Gasteiger charge is -2.13. The van der Waals surface area contributed by atoms with Gasteiger partial charge in [0.05, 0.1) is 22.5 Å². The number of carbonyl (C=O) groups is 1. The zero-order valence-electron chi connectivity index (χ0n) is 16.1. The summed E-state index contributed by atoms with van der Waals surface area (Å²) < 4.78 is 41.2. The number of alkyl halides is 3. The van der Waals surface area contributed by atoms with Crippen molar-refractivity contribution in [3.05, 3.63) is 65.2 Å². The Bertz CT molecular complexity index is 1270. The molecule has 2 heterocycles. The maximum atomic E-state index is 13.1. The van der Waals surface area contributed by atoms with Gasteiger partial charge in [0.25, 0.3) is 0 Å². The molecule has 0 atom stereocenters. The molecule has 9 heteroatoms. The van der Waals surface area contributed by atoms with E-state index in [1.165, 1.54) is 18.2 Å². The minimum absolute atomic E-state index is 0.103. The number of anilines is 1. The Morgan fingerprint density at radius 3 is 2.63 bits per heavy atom. The van der Waals surface area contributed by atoms with Crippen LogP contribution in [-0.4, -0.2) is 26.3 Å². The standard InChI is InChI=1S/C21H17F3N4OS/c1-12-7-8-14-10-13(2)19-26-27-20(28(19)17(14)9-12)30-11-18(29)25-16-6-4-3-5-15(16)21(22,23)24/h3-10H,11H2,1-2H3,(H,25,29). The normalized spacial score (nSPS) is 11.9. The summed E-state index contributed by atoms with van der Waals surface area (Å²) in [6.45, 7) is 3.91. The number of pyridine rings is 1. The second-order valence-electron chi connectivity index (χ2n) is 6.91. The number of amides is 1. The number of thioether (sulfide) groups is 1. The molecule has 0 fully saturated rings. The summed E-state index contributed by atoms with van der Waals surface area (Å²) in [6.07, 6.45) is -4.55. The maximum Gasteiger partial charge on any atom is 0.418 e. The van der Waals surface area contributed by atoms with E-state index in [0.29, 0.717) is 10.8 Å².